The fraction of sp³-hybridized carbons (Fsp3) is 0.412. The lowest BCUT2D eigenvalue weighted by molar-refractivity contribution is 0.180. The number of hydrogen-bond acceptors (Lipinski definition) is 3. The van der Waals surface area contributed by atoms with E-state index >= 15 is 0 Å². The van der Waals surface area contributed by atoms with Crippen LogP contribution >= 0.6 is 11.3 Å². The van der Waals surface area contributed by atoms with E-state index in [0.29, 0.717) is 6.04 Å². The number of rotatable bonds is 7. The molecule has 0 bridgehead atoms. The van der Waals surface area contributed by atoms with Crippen molar-refractivity contribution >= 4 is 11.3 Å². The second-order valence-corrected chi connectivity index (χ2v) is 6.39. The topological polar surface area (TPSA) is 29.3 Å². The molecule has 1 heterocycles. The largest absolute Gasteiger partial charge is 0.329 e. The Morgan fingerprint density at radius 1 is 1.15 bits per heavy atom. The molecule has 2 N–H and O–H groups in total. The predicted octanol–water partition coefficient (Wildman–Crippen LogP) is 3.28. The lowest BCUT2D eigenvalue weighted by atomic mass is 10.0. The Bertz CT molecular complexity index is 505. The summed E-state index contributed by atoms with van der Waals surface area (Å²) in [5, 5.41) is 4.42. The van der Waals surface area contributed by atoms with Gasteiger partial charge >= 0.3 is 0 Å². The Labute approximate surface area is 125 Å². The fourth-order valence-corrected chi connectivity index (χ4v) is 3.44. The summed E-state index contributed by atoms with van der Waals surface area (Å²) in [7, 11) is 0. The molecular weight excluding hydrogens is 264 g/mol. The molecule has 1 fully saturated rings. The van der Waals surface area contributed by atoms with E-state index in [4.69, 9.17) is 5.73 Å². The summed E-state index contributed by atoms with van der Waals surface area (Å²) >= 11 is 1.78. The average molecular weight is 286 g/mol. The predicted molar refractivity (Wildman–Crippen MR) is 85.9 cm³/mol. The molecule has 1 aromatic carbocycles. The van der Waals surface area contributed by atoms with Gasteiger partial charge in [0.1, 0.15) is 0 Å². The number of hydrogen-bond donors (Lipinski definition) is 1. The van der Waals surface area contributed by atoms with Crippen molar-refractivity contribution in [3.63, 3.8) is 0 Å². The molecule has 2 nitrogen and oxygen atoms in total. The molecule has 20 heavy (non-hydrogen) atoms. The number of benzene rings is 1. The zero-order valence-electron chi connectivity index (χ0n) is 11.7. The minimum Gasteiger partial charge on any atom is -0.329 e. The maximum atomic E-state index is 6.08. The summed E-state index contributed by atoms with van der Waals surface area (Å²) in [4.78, 5) is 2.62. The van der Waals surface area contributed by atoms with Crippen molar-refractivity contribution < 1.29 is 0 Å². The quantitative estimate of drug-likeness (QED) is 0.846. The highest BCUT2D eigenvalue weighted by molar-refractivity contribution is 7.07. The Morgan fingerprint density at radius 2 is 1.95 bits per heavy atom. The summed E-state index contributed by atoms with van der Waals surface area (Å²) in [6, 6.07) is 14.1. The smallest absolute Gasteiger partial charge is 0.0265 e. The first-order chi connectivity index (χ1) is 9.86. The van der Waals surface area contributed by atoms with Crippen molar-refractivity contribution in [3.05, 3.63) is 58.3 Å². The minimum absolute atomic E-state index is 0.449. The number of nitrogens with two attached hydrogens (primary N) is 1. The lowest BCUT2D eigenvalue weighted by Crippen LogP contribution is -2.43. The third-order valence-corrected chi connectivity index (χ3v) is 4.75. The van der Waals surface area contributed by atoms with Crippen LogP contribution in [-0.2, 0) is 13.0 Å². The van der Waals surface area contributed by atoms with Crippen molar-refractivity contribution in [3.8, 4) is 0 Å². The normalized spacial score (nSPS) is 16.5. The van der Waals surface area contributed by atoms with Gasteiger partial charge in [-0.1, -0.05) is 30.3 Å². The highest BCUT2D eigenvalue weighted by atomic mass is 32.1. The van der Waals surface area contributed by atoms with Crippen LogP contribution < -0.4 is 5.73 Å². The molecular formula is C17H22N2S. The highest BCUT2D eigenvalue weighted by Crippen LogP contribution is 2.31. The van der Waals surface area contributed by atoms with Gasteiger partial charge in [0.15, 0.2) is 0 Å². The SMILES string of the molecule is NCC(Cc1ccccc1)N(Cc1ccsc1)C1CC1. The van der Waals surface area contributed by atoms with Crippen molar-refractivity contribution in [2.24, 2.45) is 5.73 Å². The van der Waals surface area contributed by atoms with Gasteiger partial charge in [0.25, 0.3) is 0 Å². The second kappa shape index (κ2) is 6.53. The van der Waals surface area contributed by atoms with Crippen molar-refractivity contribution in [1.29, 1.82) is 0 Å². The Balaban J connectivity index is 1.71. The van der Waals surface area contributed by atoms with Gasteiger partial charge in [-0.3, -0.25) is 4.90 Å². The van der Waals surface area contributed by atoms with Crippen molar-refractivity contribution in [2.45, 2.75) is 37.9 Å². The Hall–Kier alpha value is -1.16. The summed E-state index contributed by atoms with van der Waals surface area (Å²) in [5.41, 5.74) is 8.89. The van der Waals surface area contributed by atoms with Crippen LogP contribution in [0.3, 0.4) is 0 Å². The Morgan fingerprint density at radius 3 is 2.55 bits per heavy atom. The van der Waals surface area contributed by atoms with Crippen LogP contribution in [-0.4, -0.2) is 23.5 Å². The van der Waals surface area contributed by atoms with Crippen LogP contribution in [0.2, 0.25) is 0 Å². The van der Waals surface area contributed by atoms with Gasteiger partial charge in [0.2, 0.25) is 0 Å². The zero-order chi connectivity index (χ0) is 13.8. The summed E-state index contributed by atoms with van der Waals surface area (Å²) < 4.78 is 0. The van der Waals surface area contributed by atoms with Crippen LogP contribution in [0.15, 0.2) is 47.2 Å². The van der Waals surface area contributed by atoms with Gasteiger partial charge in [-0.05, 0) is 47.2 Å². The van der Waals surface area contributed by atoms with Gasteiger partial charge in [-0.15, -0.1) is 0 Å². The lowest BCUT2D eigenvalue weighted by Gasteiger charge is -2.31. The van der Waals surface area contributed by atoms with E-state index in [0.717, 1.165) is 25.6 Å². The maximum Gasteiger partial charge on any atom is 0.0265 e. The molecule has 3 heteroatoms. The van der Waals surface area contributed by atoms with Crippen LogP contribution in [0, 0.1) is 0 Å². The van der Waals surface area contributed by atoms with Crippen LogP contribution in [0.5, 0.6) is 0 Å². The highest BCUT2D eigenvalue weighted by Gasteiger charge is 2.33. The van der Waals surface area contributed by atoms with E-state index in [9.17, 15) is 0 Å². The van der Waals surface area contributed by atoms with E-state index in [-0.39, 0.29) is 0 Å². The summed E-state index contributed by atoms with van der Waals surface area (Å²) in [6.45, 7) is 1.78. The van der Waals surface area contributed by atoms with E-state index in [1.54, 1.807) is 11.3 Å². The van der Waals surface area contributed by atoms with Gasteiger partial charge in [-0.25, -0.2) is 0 Å². The molecule has 0 saturated heterocycles. The van der Waals surface area contributed by atoms with E-state index in [1.165, 1.54) is 24.0 Å². The molecule has 1 atom stereocenters. The van der Waals surface area contributed by atoms with Gasteiger partial charge in [0, 0.05) is 25.2 Å². The van der Waals surface area contributed by atoms with Crippen molar-refractivity contribution in [1.82, 2.24) is 4.90 Å². The number of thiophene rings is 1. The molecule has 0 spiro atoms. The molecule has 106 valence electrons. The zero-order valence-corrected chi connectivity index (χ0v) is 12.6. The Kier molecular flexibility index (Phi) is 4.51. The van der Waals surface area contributed by atoms with E-state index in [1.807, 2.05) is 0 Å². The van der Waals surface area contributed by atoms with Gasteiger partial charge < -0.3 is 5.73 Å². The van der Waals surface area contributed by atoms with Gasteiger partial charge in [-0.2, -0.15) is 11.3 Å². The first-order valence-electron chi connectivity index (χ1n) is 7.37. The molecule has 3 rings (SSSR count). The molecule has 0 radical (unpaired) electrons. The molecule has 1 aliphatic carbocycles. The first-order valence-corrected chi connectivity index (χ1v) is 8.32. The molecule has 0 aliphatic heterocycles. The monoisotopic (exact) mass is 286 g/mol. The molecule has 0 amide bonds. The third kappa shape index (κ3) is 3.48. The molecule has 1 saturated carbocycles. The first kappa shape index (κ1) is 13.8. The average Bonchev–Trinajstić information content (AvgIpc) is 3.20. The van der Waals surface area contributed by atoms with Crippen molar-refractivity contribution in [2.75, 3.05) is 6.54 Å². The number of nitrogens with zero attached hydrogens (tertiary/aromatic N) is 1. The van der Waals surface area contributed by atoms with Crippen LogP contribution in [0.25, 0.3) is 0 Å². The summed E-state index contributed by atoms with van der Waals surface area (Å²) in [5.74, 6) is 0. The molecule has 1 aromatic heterocycles. The van der Waals surface area contributed by atoms with Gasteiger partial charge in [0.05, 0.1) is 0 Å². The van der Waals surface area contributed by atoms with E-state index in [2.05, 4.69) is 52.1 Å². The molecule has 1 unspecified atom stereocenters. The fourth-order valence-electron chi connectivity index (χ4n) is 2.78. The standard InChI is InChI=1S/C17H22N2S/c18-11-17(10-14-4-2-1-3-5-14)19(16-6-7-16)12-15-8-9-20-13-15/h1-5,8-9,13,16-17H,6-7,10-12,18H2. The summed E-state index contributed by atoms with van der Waals surface area (Å²) in [6.07, 6.45) is 3.71. The van der Waals surface area contributed by atoms with E-state index < -0.39 is 0 Å². The molecule has 2 aromatic rings. The molecule has 1 aliphatic rings. The minimum atomic E-state index is 0.449. The van der Waals surface area contributed by atoms with Crippen LogP contribution in [0.1, 0.15) is 24.0 Å². The van der Waals surface area contributed by atoms with Crippen LogP contribution in [0.4, 0.5) is 0 Å². The second-order valence-electron chi connectivity index (χ2n) is 5.61. The third-order valence-electron chi connectivity index (χ3n) is 4.02. The maximum absolute atomic E-state index is 6.08.